The zero-order valence-corrected chi connectivity index (χ0v) is 17.7. The second-order valence-corrected chi connectivity index (χ2v) is 7.39. The molecule has 0 atom stereocenters. The van der Waals surface area contributed by atoms with Gasteiger partial charge in [0.2, 0.25) is 0 Å². The first-order valence-corrected chi connectivity index (χ1v) is 9.76. The first-order valence-electron chi connectivity index (χ1n) is 8.62. The van der Waals surface area contributed by atoms with Crippen LogP contribution >= 0.6 is 34.8 Å². The molecule has 0 saturated heterocycles. The maximum atomic E-state index is 9.53. The fourth-order valence-electron chi connectivity index (χ4n) is 2.69. The number of hydrogen-bond donors (Lipinski definition) is 0. The van der Waals surface area contributed by atoms with Gasteiger partial charge < -0.3 is 9.47 Å². The van der Waals surface area contributed by atoms with Crippen molar-refractivity contribution < 1.29 is 9.47 Å². The fourth-order valence-corrected chi connectivity index (χ4v) is 3.34. The van der Waals surface area contributed by atoms with Gasteiger partial charge in [-0.25, -0.2) is 0 Å². The fraction of sp³-hybridized carbons (Fsp3) is 0.0870. The number of methoxy groups -OCH3 is 1. The highest BCUT2D eigenvalue weighted by Crippen LogP contribution is 2.31. The van der Waals surface area contributed by atoms with Crippen molar-refractivity contribution in [2.75, 3.05) is 7.11 Å². The van der Waals surface area contributed by atoms with E-state index in [0.29, 0.717) is 32.1 Å². The molecule has 0 heterocycles. The molecule has 0 amide bonds. The van der Waals surface area contributed by atoms with Crippen LogP contribution in [0.2, 0.25) is 15.1 Å². The number of allylic oxidation sites excluding steroid dienone is 1. The van der Waals surface area contributed by atoms with Crippen LogP contribution in [0, 0.1) is 11.3 Å². The summed E-state index contributed by atoms with van der Waals surface area (Å²) in [6, 6.07) is 20.1. The monoisotopic (exact) mass is 443 g/mol. The Balaban J connectivity index is 1.83. The third-order valence-electron chi connectivity index (χ3n) is 4.15. The van der Waals surface area contributed by atoms with Gasteiger partial charge in [0, 0.05) is 20.6 Å². The lowest BCUT2D eigenvalue weighted by Gasteiger charge is -2.12. The third kappa shape index (κ3) is 5.46. The van der Waals surface area contributed by atoms with Gasteiger partial charge in [-0.15, -0.1) is 0 Å². The van der Waals surface area contributed by atoms with Crippen molar-refractivity contribution >= 4 is 46.5 Å². The predicted molar refractivity (Wildman–Crippen MR) is 119 cm³/mol. The van der Waals surface area contributed by atoms with Gasteiger partial charge in [-0.1, -0.05) is 59.1 Å². The van der Waals surface area contributed by atoms with Crippen LogP contribution in [0.5, 0.6) is 11.5 Å². The minimum Gasteiger partial charge on any atom is -0.493 e. The predicted octanol–water partition coefficient (Wildman–Crippen LogP) is 7.30. The summed E-state index contributed by atoms with van der Waals surface area (Å²) >= 11 is 18.2. The molecule has 0 aliphatic heterocycles. The molecule has 0 spiro atoms. The average Bonchev–Trinajstić information content (AvgIpc) is 2.71. The van der Waals surface area contributed by atoms with Crippen molar-refractivity contribution in [3.63, 3.8) is 0 Å². The number of ether oxygens (including phenoxy) is 2. The van der Waals surface area contributed by atoms with E-state index in [1.807, 2.05) is 24.3 Å². The molecular weight excluding hydrogens is 429 g/mol. The van der Waals surface area contributed by atoms with E-state index in [1.165, 1.54) is 0 Å². The summed E-state index contributed by atoms with van der Waals surface area (Å²) in [6.07, 6.45) is 1.77. The van der Waals surface area contributed by atoms with Gasteiger partial charge in [0.05, 0.1) is 18.8 Å². The molecular formula is C23H16Cl3NO2. The van der Waals surface area contributed by atoms with Crippen LogP contribution in [0.15, 0.2) is 60.7 Å². The molecule has 3 aromatic rings. The van der Waals surface area contributed by atoms with Gasteiger partial charge in [0.25, 0.3) is 0 Å². The van der Waals surface area contributed by atoms with Crippen LogP contribution in [-0.2, 0) is 6.61 Å². The molecule has 0 bridgehead atoms. The lowest BCUT2D eigenvalue weighted by atomic mass is 10.0. The van der Waals surface area contributed by atoms with E-state index in [0.717, 1.165) is 16.7 Å². The van der Waals surface area contributed by atoms with Crippen molar-refractivity contribution in [1.82, 2.24) is 0 Å². The van der Waals surface area contributed by atoms with E-state index in [9.17, 15) is 5.26 Å². The highest BCUT2D eigenvalue weighted by Gasteiger charge is 2.09. The maximum absolute atomic E-state index is 9.53. The molecule has 29 heavy (non-hydrogen) atoms. The van der Waals surface area contributed by atoms with Crippen molar-refractivity contribution in [1.29, 1.82) is 5.26 Å². The quantitative estimate of drug-likeness (QED) is 0.296. The van der Waals surface area contributed by atoms with Crippen molar-refractivity contribution in [3.8, 4) is 17.6 Å². The summed E-state index contributed by atoms with van der Waals surface area (Å²) < 4.78 is 11.3. The van der Waals surface area contributed by atoms with Crippen LogP contribution in [0.25, 0.3) is 11.6 Å². The van der Waals surface area contributed by atoms with E-state index in [4.69, 9.17) is 44.3 Å². The topological polar surface area (TPSA) is 42.2 Å². The number of rotatable bonds is 6. The Labute approximate surface area is 184 Å². The molecule has 0 aromatic heterocycles. The van der Waals surface area contributed by atoms with E-state index >= 15 is 0 Å². The Bertz CT molecular complexity index is 1100. The van der Waals surface area contributed by atoms with Crippen LogP contribution in [0.4, 0.5) is 0 Å². The number of nitrogens with zero attached hydrogens (tertiary/aromatic N) is 1. The number of hydrogen-bond acceptors (Lipinski definition) is 3. The molecule has 3 nitrogen and oxygen atoms in total. The zero-order chi connectivity index (χ0) is 20.8. The standard InChI is InChI=1S/C23H16Cl3NO2/c1-28-23-10-15(9-18(13-27)16-3-2-4-19(24)11-16)5-8-22(23)29-14-17-6-7-20(25)12-21(17)26/h2-12H,14H2,1H3/b18-9-. The minimum absolute atomic E-state index is 0.271. The second-order valence-electron chi connectivity index (χ2n) is 6.11. The molecule has 0 fully saturated rings. The average molecular weight is 445 g/mol. The smallest absolute Gasteiger partial charge is 0.161 e. The van der Waals surface area contributed by atoms with Gasteiger partial charge >= 0.3 is 0 Å². The summed E-state index contributed by atoms with van der Waals surface area (Å²) in [7, 11) is 1.56. The molecule has 6 heteroatoms. The van der Waals surface area contributed by atoms with E-state index in [-0.39, 0.29) is 6.61 Å². The lowest BCUT2D eigenvalue weighted by molar-refractivity contribution is 0.284. The van der Waals surface area contributed by atoms with Crippen molar-refractivity contribution in [2.45, 2.75) is 6.61 Å². The first kappa shape index (κ1) is 21.1. The molecule has 0 saturated carbocycles. The molecule has 146 valence electrons. The van der Waals surface area contributed by atoms with Gasteiger partial charge in [-0.3, -0.25) is 0 Å². The summed E-state index contributed by atoms with van der Waals surface area (Å²) in [5, 5.41) is 11.2. The van der Waals surface area contributed by atoms with Crippen LogP contribution in [0.1, 0.15) is 16.7 Å². The maximum Gasteiger partial charge on any atom is 0.161 e. The molecule has 3 aromatic carbocycles. The number of nitriles is 1. The van der Waals surface area contributed by atoms with Crippen molar-refractivity contribution in [3.05, 3.63) is 92.4 Å². The Morgan fingerprint density at radius 3 is 2.45 bits per heavy atom. The highest BCUT2D eigenvalue weighted by molar-refractivity contribution is 6.35. The summed E-state index contributed by atoms with van der Waals surface area (Å²) in [4.78, 5) is 0. The molecule has 3 rings (SSSR count). The summed E-state index contributed by atoms with van der Waals surface area (Å²) in [5.41, 5.74) is 2.86. The molecule has 0 aliphatic carbocycles. The lowest BCUT2D eigenvalue weighted by Crippen LogP contribution is -1.98. The van der Waals surface area contributed by atoms with Crippen LogP contribution in [-0.4, -0.2) is 7.11 Å². The van der Waals surface area contributed by atoms with E-state index < -0.39 is 0 Å². The number of benzene rings is 3. The Hall–Kier alpha value is -2.64. The zero-order valence-electron chi connectivity index (χ0n) is 15.5. The minimum atomic E-state index is 0.271. The molecule has 0 N–H and O–H groups in total. The normalized spacial score (nSPS) is 11.1. The Morgan fingerprint density at radius 1 is 0.966 bits per heavy atom. The summed E-state index contributed by atoms with van der Waals surface area (Å²) in [5.74, 6) is 1.11. The van der Waals surface area contributed by atoms with Gasteiger partial charge in [0.15, 0.2) is 11.5 Å². The SMILES string of the molecule is COc1cc(/C=C(/C#N)c2cccc(Cl)c2)ccc1OCc1ccc(Cl)cc1Cl. The highest BCUT2D eigenvalue weighted by atomic mass is 35.5. The van der Waals surface area contributed by atoms with Gasteiger partial charge in [-0.2, -0.15) is 5.26 Å². The Morgan fingerprint density at radius 2 is 1.76 bits per heavy atom. The van der Waals surface area contributed by atoms with E-state index in [2.05, 4.69) is 6.07 Å². The van der Waals surface area contributed by atoms with E-state index in [1.54, 1.807) is 49.6 Å². The number of halogens is 3. The van der Waals surface area contributed by atoms with Crippen LogP contribution in [0.3, 0.4) is 0 Å². The summed E-state index contributed by atoms with van der Waals surface area (Å²) in [6.45, 7) is 0.271. The largest absolute Gasteiger partial charge is 0.493 e. The second kappa shape index (κ2) is 9.71. The van der Waals surface area contributed by atoms with Crippen molar-refractivity contribution in [2.24, 2.45) is 0 Å². The van der Waals surface area contributed by atoms with Gasteiger partial charge in [0.1, 0.15) is 6.61 Å². The molecule has 0 aliphatic rings. The first-order chi connectivity index (χ1) is 14.0. The Kier molecular flexibility index (Phi) is 7.06. The molecule has 0 radical (unpaired) electrons. The molecule has 0 unspecified atom stereocenters. The van der Waals surface area contributed by atoms with Gasteiger partial charge in [-0.05, 0) is 53.6 Å². The third-order valence-corrected chi connectivity index (χ3v) is 4.98. The van der Waals surface area contributed by atoms with Crippen LogP contribution < -0.4 is 9.47 Å².